The van der Waals surface area contributed by atoms with Gasteiger partial charge >= 0.3 is 0 Å². The molecule has 0 bridgehead atoms. The van der Waals surface area contributed by atoms with Crippen LogP contribution < -0.4 is 0 Å². The molecule has 0 aliphatic heterocycles. The van der Waals surface area contributed by atoms with E-state index in [1.54, 1.807) is 12.1 Å². The smallest absolute Gasteiger partial charge is 0.163 e. The molecule has 4 heteroatoms. The van der Waals surface area contributed by atoms with Gasteiger partial charge in [-0.15, -0.1) is 0 Å². The highest BCUT2D eigenvalue weighted by Crippen LogP contribution is 2.40. The van der Waals surface area contributed by atoms with Gasteiger partial charge in [0.2, 0.25) is 0 Å². The van der Waals surface area contributed by atoms with Crippen LogP contribution in [0.2, 0.25) is 5.02 Å². The molecule has 1 aromatic rings. The standard InChI is InChI=1S/C12H15ClO3/c13-9-3-4-10-8(6-9)2-1-5-12(10,7-14)11(15)16/h3-4,6,11,14-16H,1-2,5,7H2/t12-/m0/s1. The van der Waals surface area contributed by atoms with Gasteiger partial charge in [0.1, 0.15) is 0 Å². The van der Waals surface area contributed by atoms with Crippen molar-refractivity contribution >= 4 is 11.6 Å². The Balaban J connectivity index is 2.54. The number of benzene rings is 1. The summed E-state index contributed by atoms with van der Waals surface area (Å²) >= 11 is 5.91. The van der Waals surface area contributed by atoms with Gasteiger partial charge in [-0.3, -0.25) is 0 Å². The zero-order valence-electron chi connectivity index (χ0n) is 8.86. The van der Waals surface area contributed by atoms with Crippen LogP contribution in [0.15, 0.2) is 18.2 Å². The van der Waals surface area contributed by atoms with E-state index in [0.717, 1.165) is 24.0 Å². The Morgan fingerprint density at radius 1 is 1.38 bits per heavy atom. The molecule has 0 amide bonds. The van der Waals surface area contributed by atoms with E-state index in [-0.39, 0.29) is 6.61 Å². The highest BCUT2D eigenvalue weighted by molar-refractivity contribution is 6.30. The molecule has 3 N–H and O–H groups in total. The highest BCUT2D eigenvalue weighted by atomic mass is 35.5. The third kappa shape index (κ3) is 1.74. The number of aliphatic hydroxyl groups is 3. The molecule has 0 heterocycles. The van der Waals surface area contributed by atoms with Gasteiger partial charge in [-0.25, -0.2) is 0 Å². The molecule has 0 spiro atoms. The molecular weight excluding hydrogens is 228 g/mol. The molecule has 1 atom stereocenters. The first kappa shape index (κ1) is 11.9. The van der Waals surface area contributed by atoms with Crippen LogP contribution in [0.25, 0.3) is 0 Å². The molecule has 0 aromatic heterocycles. The van der Waals surface area contributed by atoms with Gasteiger partial charge in [-0.05, 0) is 42.5 Å². The molecule has 1 aromatic carbocycles. The number of hydrogen-bond donors (Lipinski definition) is 3. The zero-order valence-corrected chi connectivity index (χ0v) is 9.61. The number of hydrogen-bond acceptors (Lipinski definition) is 3. The van der Waals surface area contributed by atoms with Crippen LogP contribution in [0.1, 0.15) is 24.0 Å². The molecule has 0 saturated carbocycles. The lowest BCUT2D eigenvalue weighted by Crippen LogP contribution is -2.45. The average molecular weight is 243 g/mol. The maximum absolute atomic E-state index is 9.51. The zero-order chi connectivity index (χ0) is 11.8. The second-order valence-corrected chi connectivity index (χ2v) is 4.78. The summed E-state index contributed by atoms with van der Waals surface area (Å²) in [6.45, 7) is -0.265. The fourth-order valence-corrected chi connectivity index (χ4v) is 2.69. The molecule has 2 rings (SSSR count). The summed E-state index contributed by atoms with van der Waals surface area (Å²) in [4.78, 5) is 0. The third-order valence-electron chi connectivity index (χ3n) is 3.45. The summed E-state index contributed by atoms with van der Waals surface area (Å²) < 4.78 is 0. The SMILES string of the molecule is OC[C@@]1(C(O)O)CCCc2cc(Cl)ccc21. The van der Waals surface area contributed by atoms with Gasteiger partial charge in [0.25, 0.3) is 0 Å². The maximum atomic E-state index is 9.51. The minimum absolute atomic E-state index is 0.265. The molecule has 88 valence electrons. The van der Waals surface area contributed by atoms with Crippen LogP contribution in [-0.4, -0.2) is 28.2 Å². The quantitative estimate of drug-likeness (QED) is 0.684. The van der Waals surface area contributed by atoms with Gasteiger partial charge < -0.3 is 15.3 Å². The molecule has 0 fully saturated rings. The topological polar surface area (TPSA) is 60.7 Å². The van der Waals surface area contributed by atoms with Crippen LogP contribution in [0.5, 0.6) is 0 Å². The molecule has 3 nitrogen and oxygen atoms in total. The van der Waals surface area contributed by atoms with Crippen molar-refractivity contribution in [2.24, 2.45) is 0 Å². The van der Waals surface area contributed by atoms with E-state index in [4.69, 9.17) is 11.6 Å². The number of rotatable bonds is 2. The van der Waals surface area contributed by atoms with E-state index in [0.29, 0.717) is 11.4 Å². The predicted molar refractivity (Wildman–Crippen MR) is 61.4 cm³/mol. The third-order valence-corrected chi connectivity index (χ3v) is 3.68. The molecule has 0 saturated heterocycles. The van der Waals surface area contributed by atoms with Gasteiger partial charge in [0, 0.05) is 5.02 Å². The van der Waals surface area contributed by atoms with E-state index in [2.05, 4.69) is 0 Å². The number of aliphatic hydroxyl groups excluding tert-OH is 2. The van der Waals surface area contributed by atoms with Gasteiger partial charge in [0.15, 0.2) is 6.29 Å². The molecule has 1 aliphatic rings. The Bertz CT molecular complexity index is 392. The van der Waals surface area contributed by atoms with Crippen LogP contribution in [-0.2, 0) is 11.8 Å². The minimum atomic E-state index is -1.54. The van der Waals surface area contributed by atoms with Gasteiger partial charge in [-0.1, -0.05) is 17.7 Å². The summed E-state index contributed by atoms with van der Waals surface area (Å²) in [5, 5.41) is 29.1. The van der Waals surface area contributed by atoms with Gasteiger partial charge in [0.05, 0.1) is 12.0 Å². The van der Waals surface area contributed by atoms with E-state index in [9.17, 15) is 15.3 Å². The van der Waals surface area contributed by atoms with Crippen molar-refractivity contribution < 1.29 is 15.3 Å². The summed E-state index contributed by atoms with van der Waals surface area (Å²) in [5.74, 6) is 0. The fourth-order valence-electron chi connectivity index (χ4n) is 2.50. The average Bonchev–Trinajstić information content (AvgIpc) is 2.27. The van der Waals surface area contributed by atoms with Crippen molar-refractivity contribution in [2.75, 3.05) is 6.61 Å². The lowest BCUT2D eigenvalue weighted by atomic mass is 9.70. The Morgan fingerprint density at radius 2 is 2.12 bits per heavy atom. The van der Waals surface area contributed by atoms with Crippen LogP contribution in [0.3, 0.4) is 0 Å². The monoisotopic (exact) mass is 242 g/mol. The van der Waals surface area contributed by atoms with Crippen molar-refractivity contribution in [1.29, 1.82) is 0 Å². The second kappa shape index (κ2) is 4.34. The normalized spacial score (nSPS) is 24.6. The first-order chi connectivity index (χ1) is 7.60. The fraction of sp³-hybridized carbons (Fsp3) is 0.500. The maximum Gasteiger partial charge on any atom is 0.163 e. The Hall–Kier alpha value is -0.610. The molecule has 0 radical (unpaired) electrons. The summed E-state index contributed by atoms with van der Waals surface area (Å²) in [6, 6.07) is 5.34. The number of aryl methyl sites for hydroxylation is 1. The van der Waals surface area contributed by atoms with Crippen molar-refractivity contribution in [3.8, 4) is 0 Å². The highest BCUT2D eigenvalue weighted by Gasteiger charge is 2.41. The van der Waals surface area contributed by atoms with E-state index in [1.165, 1.54) is 0 Å². The lowest BCUT2D eigenvalue weighted by Gasteiger charge is -2.39. The number of halogens is 1. The van der Waals surface area contributed by atoms with Crippen molar-refractivity contribution in [3.63, 3.8) is 0 Å². The van der Waals surface area contributed by atoms with Crippen LogP contribution in [0, 0.1) is 0 Å². The van der Waals surface area contributed by atoms with Crippen LogP contribution >= 0.6 is 11.6 Å². The first-order valence-electron chi connectivity index (χ1n) is 5.36. The molecule has 1 aliphatic carbocycles. The molecule has 0 unspecified atom stereocenters. The van der Waals surface area contributed by atoms with Gasteiger partial charge in [-0.2, -0.15) is 0 Å². The van der Waals surface area contributed by atoms with Crippen molar-refractivity contribution in [3.05, 3.63) is 34.3 Å². The van der Waals surface area contributed by atoms with E-state index >= 15 is 0 Å². The van der Waals surface area contributed by atoms with E-state index < -0.39 is 11.7 Å². The second-order valence-electron chi connectivity index (χ2n) is 4.34. The summed E-state index contributed by atoms with van der Waals surface area (Å²) in [6.07, 6.45) is 0.726. The van der Waals surface area contributed by atoms with E-state index in [1.807, 2.05) is 6.07 Å². The lowest BCUT2D eigenvalue weighted by molar-refractivity contribution is -0.120. The van der Waals surface area contributed by atoms with Crippen molar-refractivity contribution in [2.45, 2.75) is 31.0 Å². The summed E-state index contributed by atoms with van der Waals surface area (Å²) in [7, 11) is 0. The minimum Gasteiger partial charge on any atom is -0.395 e. The predicted octanol–water partition coefficient (Wildman–Crippen LogP) is 1.22. The first-order valence-corrected chi connectivity index (χ1v) is 5.74. The number of fused-ring (bicyclic) bond motifs is 1. The Kier molecular flexibility index (Phi) is 3.22. The van der Waals surface area contributed by atoms with Crippen LogP contribution in [0.4, 0.5) is 0 Å². The Labute approximate surface area is 99.3 Å². The van der Waals surface area contributed by atoms with Crippen molar-refractivity contribution in [1.82, 2.24) is 0 Å². The summed E-state index contributed by atoms with van der Waals surface area (Å²) in [5.41, 5.74) is 0.861. The Morgan fingerprint density at radius 3 is 2.75 bits per heavy atom. The molecule has 16 heavy (non-hydrogen) atoms. The largest absolute Gasteiger partial charge is 0.395 e. The molecular formula is C12H15ClO3.